The van der Waals surface area contributed by atoms with Crippen LogP contribution in [-0.4, -0.2) is 35.4 Å². The van der Waals surface area contributed by atoms with Gasteiger partial charge in [-0.25, -0.2) is 0 Å². The highest BCUT2D eigenvalue weighted by molar-refractivity contribution is 5.88. The maximum atomic E-state index is 13.6. The molecule has 35 heavy (non-hydrogen) atoms. The summed E-state index contributed by atoms with van der Waals surface area (Å²) in [5.41, 5.74) is 4.10. The van der Waals surface area contributed by atoms with Gasteiger partial charge < -0.3 is 15.0 Å². The smallest absolute Gasteiger partial charge is 0.261 e. The third kappa shape index (κ3) is 7.99. The number of aryl methyl sites for hydroxylation is 2. The first-order chi connectivity index (χ1) is 16.9. The number of nitrogens with one attached hydrogen (secondary N) is 1. The van der Waals surface area contributed by atoms with Crippen molar-refractivity contribution in [2.75, 3.05) is 6.61 Å². The number of carbonyl (C=O) groups excluding carboxylic acids is 2. The highest BCUT2D eigenvalue weighted by Crippen LogP contribution is 2.18. The summed E-state index contributed by atoms with van der Waals surface area (Å²) in [4.78, 5) is 28.7. The second-order valence-electron chi connectivity index (χ2n) is 9.14. The maximum absolute atomic E-state index is 13.6. The molecule has 0 aromatic heterocycles. The fraction of sp³-hybridized carbons (Fsp3) is 0.333. The number of hydrogen-bond acceptors (Lipinski definition) is 3. The van der Waals surface area contributed by atoms with Crippen LogP contribution < -0.4 is 10.1 Å². The number of benzene rings is 3. The Kier molecular flexibility index (Phi) is 9.47. The van der Waals surface area contributed by atoms with E-state index in [2.05, 4.69) is 11.4 Å². The molecule has 0 saturated carbocycles. The minimum Gasteiger partial charge on any atom is -0.484 e. The van der Waals surface area contributed by atoms with Crippen LogP contribution in [0.3, 0.4) is 0 Å². The Morgan fingerprint density at radius 3 is 2.03 bits per heavy atom. The third-order valence-electron chi connectivity index (χ3n) is 6.03. The van der Waals surface area contributed by atoms with E-state index in [0.717, 1.165) is 28.7 Å². The molecule has 0 aliphatic heterocycles. The van der Waals surface area contributed by atoms with Crippen molar-refractivity contribution in [3.63, 3.8) is 0 Å². The number of carbonyl (C=O) groups is 2. The van der Waals surface area contributed by atoms with E-state index in [1.165, 1.54) is 0 Å². The van der Waals surface area contributed by atoms with Crippen LogP contribution in [0.4, 0.5) is 0 Å². The fourth-order valence-corrected chi connectivity index (χ4v) is 4.02. The predicted octanol–water partition coefficient (Wildman–Crippen LogP) is 5.24. The number of rotatable bonds is 11. The van der Waals surface area contributed by atoms with Crippen LogP contribution in [0.25, 0.3) is 0 Å². The molecule has 0 heterocycles. The highest BCUT2D eigenvalue weighted by Gasteiger charge is 2.31. The first-order valence-corrected chi connectivity index (χ1v) is 12.2. The van der Waals surface area contributed by atoms with E-state index in [-0.39, 0.29) is 24.5 Å². The summed E-state index contributed by atoms with van der Waals surface area (Å²) in [6.07, 6.45) is 1.23. The van der Waals surface area contributed by atoms with Gasteiger partial charge in [0.2, 0.25) is 5.91 Å². The second-order valence-corrected chi connectivity index (χ2v) is 9.14. The van der Waals surface area contributed by atoms with Gasteiger partial charge >= 0.3 is 0 Å². The lowest BCUT2D eigenvalue weighted by molar-refractivity contribution is -0.143. The van der Waals surface area contributed by atoms with Crippen molar-refractivity contribution in [1.82, 2.24) is 10.2 Å². The zero-order valence-corrected chi connectivity index (χ0v) is 21.2. The van der Waals surface area contributed by atoms with Crippen LogP contribution in [-0.2, 0) is 22.6 Å². The Balaban J connectivity index is 1.90. The van der Waals surface area contributed by atoms with Gasteiger partial charge in [0, 0.05) is 19.0 Å². The number of ether oxygens (including phenoxy) is 1. The molecule has 0 saturated heterocycles. The Bertz CT molecular complexity index is 1080. The average molecular weight is 473 g/mol. The van der Waals surface area contributed by atoms with Gasteiger partial charge in [-0.2, -0.15) is 0 Å². The first kappa shape index (κ1) is 26.0. The van der Waals surface area contributed by atoms with E-state index in [9.17, 15) is 9.59 Å². The summed E-state index contributed by atoms with van der Waals surface area (Å²) in [6.45, 7) is 8.18. The zero-order valence-electron chi connectivity index (χ0n) is 21.2. The molecule has 0 bridgehead atoms. The van der Waals surface area contributed by atoms with Gasteiger partial charge in [0.05, 0.1) is 0 Å². The molecule has 5 nitrogen and oxygen atoms in total. The maximum Gasteiger partial charge on any atom is 0.261 e. The number of hydrogen-bond donors (Lipinski definition) is 1. The van der Waals surface area contributed by atoms with Gasteiger partial charge in [-0.1, -0.05) is 73.7 Å². The summed E-state index contributed by atoms with van der Waals surface area (Å²) < 4.78 is 5.91. The summed E-state index contributed by atoms with van der Waals surface area (Å²) in [6, 6.07) is 24.8. The Hall–Kier alpha value is -3.60. The van der Waals surface area contributed by atoms with Crippen molar-refractivity contribution in [2.45, 2.75) is 59.2 Å². The average Bonchev–Trinajstić information content (AvgIpc) is 2.85. The molecule has 3 aromatic carbocycles. The Labute approximate surface area is 209 Å². The number of amides is 2. The minimum absolute atomic E-state index is 0.0148. The quantitative estimate of drug-likeness (QED) is 0.415. The third-order valence-corrected chi connectivity index (χ3v) is 6.03. The molecule has 0 fully saturated rings. The highest BCUT2D eigenvalue weighted by atomic mass is 16.5. The van der Waals surface area contributed by atoms with Crippen molar-refractivity contribution < 1.29 is 14.3 Å². The van der Waals surface area contributed by atoms with Crippen LogP contribution in [0.5, 0.6) is 5.75 Å². The van der Waals surface area contributed by atoms with Gasteiger partial charge in [0.15, 0.2) is 6.61 Å². The van der Waals surface area contributed by atoms with E-state index in [1.807, 2.05) is 100 Å². The van der Waals surface area contributed by atoms with Crippen LogP contribution in [0, 0.1) is 13.8 Å². The Morgan fingerprint density at radius 1 is 0.886 bits per heavy atom. The van der Waals surface area contributed by atoms with Crippen molar-refractivity contribution in [3.05, 3.63) is 101 Å². The molecule has 0 aliphatic carbocycles. The lowest BCUT2D eigenvalue weighted by Crippen LogP contribution is -2.53. The lowest BCUT2D eigenvalue weighted by Gasteiger charge is -2.32. The molecule has 2 atom stereocenters. The molecule has 5 heteroatoms. The van der Waals surface area contributed by atoms with Gasteiger partial charge in [0.25, 0.3) is 5.91 Å². The SMILES string of the molecule is CC[C@H](C)NC(=O)[C@@H](Cc1ccccc1)N(Cc1ccccc1)C(=O)COc1cc(C)cc(C)c1. The molecule has 184 valence electrons. The standard InChI is InChI=1S/C30H36N2O3/c1-5-24(4)31-30(34)28(19-25-12-8-6-9-13-25)32(20-26-14-10-7-11-15-26)29(33)21-35-27-17-22(2)16-23(3)18-27/h6-18,24,28H,5,19-21H2,1-4H3,(H,31,34)/t24-,28+/m0/s1. The van der Waals surface area contributed by atoms with Gasteiger partial charge in [-0.15, -0.1) is 0 Å². The minimum atomic E-state index is -0.665. The monoisotopic (exact) mass is 472 g/mol. The van der Waals surface area contributed by atoms with Crippen LogP contribution in [0.2, 0.25) is 0 Å². The summed E-state index contributed by atoms with van der Waals surface area (Å²) >= 11 is 0. The van der Waals surface area contributed by atoms with Crippen LogP contribution in [0.1, 0.15) is 42.5 Å². The van der Waals surface area contributed by atoms with Crippen LogP contribution >= 0.6 is 0 Å². The molecular weight excluding hydrogens is 436 g/mol. The molecule has 3 rings (SSSR count). The van der Waals surface area contributed by atoms with Gasteiger partial charge in [-0.3, -0.25) is 9.59 Å². The largest absolute Gasteiger partial charge is 0.484 e. The first-order valence-electron chi connectivity index (χ1n) is 12.2. The normalized spacial score (nSPS) is 12.5. The molecule has 0 spiro atoms. The van der Waals surface area contributed by atoms with Crippen LogP contribution in [0.15, 0.2) is 78.9 Å². The lowest BCUT2D eigenvalue weighted by atomic mass is 10.0. The molecule has 0 aliphatic rings. The summed E-state index contributed by atoms with van der Waals surface area (Å²) in [5.74, 6) is 0.270. The fourth-order valence-electron chi connectivity index (χ4n) is 4.02. The zero-order chi connectivity index (χ0) is 25.2. The molecule has 1 N–H and O–H groups in total. The Morgan fingerprint density at radius 2 is 1.46 bits per heavy atom. The predicted molar refractivity (Wildman–Crippen MR) is 140 cm³/mol. The summed E-state index contributed by atoms with van der Waals surface area (Å²) in [5, 5.41) is 3.09. The van der Waals surface area contributed by atoms with E-state index in [1.54, 1.807) is 4.90 Å². The molecule has 3 aromatic rings. The topological polar surface area (TPSA) is 58.6 Å². The van der Waals surface area contributed by atoms with E-state index >= 15 is 0 Å². The van der Waals surface area contributed by atoms with Gasteiger partial charge in [-0.05, 0) is 61.6 Å². The molecule has 2 amide bonds. The summed E-state index contributed by atoms with van der Waals surface area (Å²) in [7, 11) is 0. The van der Waals surface area contributed by atoms with Crippen molar-refractivity contribution in [2.24, 2.45) is 0 Å². The van der Waals surface area contributed by atoms with Crippen molar-refractivity contribution >= 4 is 11.8 Å². The molecular formula is C30H36N2O3. The van der Waals surface area contributed by atoms with Crippen molar-refractivity contribution in [1.29, 1.82) is 0 Å². The van der Waals surface area contributed by atoms with E-state index in [0.29, 0.717) is 18.7 Å². The second kappa shape index (κ2) is 12.7. The van der Waals surface area contributed by atoms with E-state index in [4.69, 9.17) is 4.74 Å². The molecule has 0 radical (unpaired) electrons. The van der Waals surface area contributed by atoms with E-state index < -0.39 is 6.04 Å². The molecule has 0 unspecified atom stereocenters. The van der Waals surface area contributed by atoms with Crippen molar-refractivity contribution in [3.8, 4) is 5.75 Å². The number of nitrogens with zero attached hydrogens (tertiary/aromatic N) is 1. The van der Waals surface area contributed by atoms with Gasteiger partial charge in [0.1, 0.15) is 11.8 Å².